The number of aliphatic hydroxyl groups excluding tert-OH is 2. The number of nitrogens with two attached hydrogens (primary N) is 2. The second-order valence-corrected chi connectivity index (χ2v) is 7.22. The molecule has 0 amide bonds. The summed E-state index contributed by atoms with van der Waals surface area (Å²) in [4.78, 5) is 0. The molecular weight excluding hydrogens is 264 g/mol. The van der Waals surface area contributed by atoms with Gasteiger partial charge in [0.1, 0.15) is 0 Å². The first-order chi connectivity index (χ1) is 10.0. The molecule has 2 rings (SSSR count). The molecule has 21 heavy (non-hydrogen) atoms. The molecule has 0 atom stereocenters. The van der Waals surface area contributed by atoms with Crippen LogP contribution in [0.1, 0.15) is 83.5 Å². The average Bonchev–Trinajstić information content (AvgIpc) is 2.69. The summed E-state index contributed by atoms with van der Waals surface area (Å²) in [6, 6.07) is 0. The Labute approximate surface area is 130 Å². The van der Waals surface area contributed by atoms with E-state index in [2.05, 4.69) is 0 Å². The molecule has 0 aromatic rings. The minimum Gasteiger partial charge on any atom is -0.394 e. The molecule has 0 saturated heterocycles. The Balaban J connectivity index is 0.000000211. The molecule has 0 aliphatic heterocycles. The fraction of sp³-hybridized carbons (Fsp3) is 1.00. The Bertz CT molecular complexity index is 256. The van der Waals surface area contributed by atoms with E-state index in [-0.39, 0.29) is 24.3 Å². The summed E-state index contributed by atoms with van der Waals surface area (Å²) >= 11 is 0. The first kappa shape index (κ1) is 18.9. The minimum absolute atomic E-state index is 0.160. The standard InChI is InChI=1S/C9H19NO.C8H17NO/c10-9(8-11)6-4-2-1-3-5-7-9;9-8(7-10)5-3-1-2-4-6-8/h11H,1-8,10H2;10H,1-7,9H2. The molecule has 0 heterocycles. The van der Waals surface area contributed by atoms with Crippen molar-refractivity contribution in [2.45, 2.75) is 94.5 Å². The maximum absolute atomic E-state index is 9.04. The number of rotatable bonds is 2. The van der Waals surface area contributed by atoms with Crippen LogP contribution in [0.2, 0.25) is 0 Å². The monoisotopic (exact) mass is 300 g/mol. The van der Waals surface area contributed by atoms with E-state index in [0.29, 0.717) is 0 Å². The van der Waals surface area contributed by atoms with Gasteiger partial charge in [0.2, 0.25) is 0 Å². The summed E-state index contributed by atoms with van der Waals surface area (Å²) < 4.78 is 0. The van der Waals surface area contributed by atoms with Crippen LogP contribution in [-0.2, 0) is 0 Å². The van der Waals surface area contributed by atoms with Crippen LogP contribution >= 0.6 is 0 Å². The van der Waals surface area contributed by atoms with Gasteiger partial charge >= 0.3 is 0 Å². The first-order valence-corrected chi connectivity index (χ1v) is 8.83. The lowest BCUT2D eigenvalue weighted by atomic mass is 9.86. The summed E-state index contributed by atoms with van der Waals surface area (Å²) in [7, 11) is 0. The van der Waals surface area contributed by atoms with Crippen LogP contribution in [0, 0.1) is 0 Å². The quantitative estimate of drug-likeness (QED) is 0.589. The van der Waals surface area contributed by atoms with E-state index in [0.717, 1.165) is 25.7 Å². The highest BCUT2D eigenvalue weighted by Crippen LogP contribution is 2.24. The third-order valence-electron chi connectivity index (χ3n) is 5.08. The molecule has 0 unspecified atom stereocenters. The van der Waals surface area contributed by atoms with E-state index in [1.165, 1.54) is 57.8 Å². The van der Waals surface area contributed by atoms with Gasteiger partial charge in [-0.3, -0.25) is 0 Å². The van der Waals surface area contributed by atoms with Gasteiger partial charge in [0.05, 0.1) is 13.2 Å². The van der Waals surface area contributed by atoms with Crippen molar-refractivity contribution in [2.24, 2.45) is 11.5 Å². The Morgan fingerprint density at radius 3 is 1.00 bits per heavy atom. The minimum atomic E-state index is -0.250. The number of hydrogen-bond donors (Lipinski definition) is 4. The summed E-state index contributed by atoms with van der Waals surface area (Å²) in [5.74, 6) is 0. The van der Waals surface area contributed by atoms with Gasteiger partial charge in [-0.2, -0.15) is 0 Å². The van der Waals surface area contributed by atoms with E-state index >= 15 is 0 Å². The maximum Gasteiger partial charge on any atom is 0.0611 e. The molecule has 0 bridgehead atoms. The lowest BCUT2D eigenvalue weighted by Gasteiger charge is -2.28. The van der Waals surface area contributed by atoms with Crippen LogP contribution in [0.25, 0.3) is 0 Å². The third-order valence-corrected chi connectivity index (χ3v) is 5.08. The van der Waals surface area contributed by atoms with Crippen molar-refractivity contribution in [3.63, 3.8) is 0 Å². The Morgan fingerprint density at radius 2 is 0.762 bits per heavy atom. The molecule has 4 nitrogen and oxygen atoms in total. The molecule has 6 N–H and O–H groups in total. The highest BCUT2D eigenvalue weighted by atomic mass is 16.3. The van der Waals surface area contributed by atoms with E-state index in [1.54, 1.807) is 0 Å². The molecule has 0 aromatic carbocycles. The first-order valence-electron chi connectivity index (χ1n) is 8.83. The molecule has 126 valence electrons. The smallest absolute Gasteiger partial charge is 0.0611 e. The normalized spacial score (nSPS) is 25.7. The number of aliphatic hydroxyl groups is 2. The van der Waals surface area contributed by atoms with Gasteiger partial charge in [-0.1, -0.05) is 57.8 Å². The van der Waals surface area contributed by atoms with Crippen LogP contribution in [-0.4, -0.2) is 34.5 Å². The predicted molar refractivity (Wildman–Crippen MR) is 88.0 cm³/mol. The van der Waals surface area contributed by atoms with Crippen LogP contribution in [0.15, 0.2) is 0 Å². The Kier molecular flexibility index (Phi) is 8.79. The summed E-state index contributed by atoms with van der Waals surface area (Å²) in [6.45, 7) is 0.319. The fourth-order valence-corrected chi connectivity index (χ4v) is 3.36. The highest BCUT2D eigenvalue weighted by molar-refractivity contribution is 4.85. The molecule has 2 saturated carbocycles. The van der Waals surface area contributed by atoms with E-state index in [9.17, 15) is 0 Å². The highest BCUT2D eigenvalue weighted by Gasteiger charge is 2.25. The second-order valence-electron chi connectivity index (χ2n) is 7.22. The summed E-state index contributed by atoms with van der Waals surface area (Å²) in [5.41, 5.74) is 11.4. The van der Waals surface area contributed by atoms with Crippen LogP contribution in [0.3, 0.4) is 0 Å². The van der Waals surface area contributed by atoms with E-state index < -0.39 is 0 Å². The van der Waals surface area contributed by atoms with E-state index in [4.69, 9.17) is 21.7 Å². The zero-order valence-electron chi connectivity index (χ0n) is 13.7. The van der Waals surface area contributed by atoms with Gasteiger partial charge in [0, 0.05) is 11.1 Å². The lowest BCUT2D eigenvalue weighted by Crippen LogP contribution is -2.43. The Hall–Kier alpha value is -0.160. The van der Waals surface area contributed by atoms with Crippen molar-refractivity contribution in [1.29, 1.82) is 0 Å². The van der Waals surface area contributed by atoms with Crippen molar-refractivity contribution in [3.05, 3.63) is 0 Å². The van der Waals surface area contributed by atoms with Crippen molar-refractivity contribution < 1.29 is 10.2 Å². The third kappa shape index (κ3) is 7.59. The molecular formula is C17H36N2O2. The van der Waals surface area contributed by atoms with Gasteiger partial charge < -0.3 is 21.7 Å². The largest absolute Gasteiger partial charge is 0.394 e. The fourth-order valence-electron chi connectivity index (χ4n) is 3.36. The lowest BCUT2D eigenvalue weighted by molar-refractivity contribution is 0.166. The van der Waals surface area contributed by atoms with Crippen molar-refractivity contribution in [2.75, 3.05) is 13.2 Å². The van der Waals surface area contributed by atoms with Crippen molar-refractivity contribution >= 4 is 0 Å². The van der Waals surface area contributed by atoms with Gasteiger partial charge in [0.15, 0.2) is 0 Å². The molecule has 0 aromatic heterocycles. The molecule has 2 aliphatic carbocycles. The summed E-state index contributed by atoms with van der Waals surface area (Å²) in [5, 5.41) is 18.0. The Morgan fingerprint density at radius 1 is 0.524 bits per heavy atom. The molecule has 0 spiro atoms. The molecule has 2 fully saturated rings. The SMILES string of the molecule is NC1(CO)CCCCCC1.NC1(CO)CCCCCCC1. The average molecular weight is 300 g/mol. The maximum atomic E-state index is 9.04. The second kappa shape index (κ2) is 9.78. The van der Waals surface area contributed by atoms with E-state index in [1.807, 2.05) is 0 Å². The molecule has 2 aliphatic rings. The van der Waals surface area contributed by atoms with Crippen LogP contribution < -0.4 is 11.5 Å². The van der Waals surface area contributed by atoms with Gasteiger partial charge in [-0.05, 0) is 25.7 Å². The summed E-state index contributed by atoms with van der Waals surface area (Å²) in [6.07, 6.45) is 15.3. The van der Waals surface area contributed by atoms with Crippen molar-refractivity contribution in [3.8, 4) is 0 Å². The zero-order valence-corrected chi connectivity index (χ0v) is 13.7. The van der Waals surface area contributed by atoms with Gasteiger partial charge in [-0.25, -0.2) is 0 Å². The van der Waals surface area contributed by atoms with Gasteiger partial charge in [0.25, 0.3) is 0 Å². The topological polar surface area (TPSA) is 92.5 Å². The predicted octanol–water partition coefficient (Wildman–Crippen LogP) is 2.45. The molecule has 0 radical (unpaired) electrons. The van der Waals surface area contributed by atoms with Crippen molar-refractivity contribution in [1.82, 2.24) is 0 Å². The van der Waals surface area contributed by atoms with Crippen LogP contribution in [0.4, 0.5) is 0 Å². The molecule has 4 heteroatoms. The van der Waals surface area contributed by atoms with Gasteiger partial charge in [-0.15, -0.1) is 0 Å². The number of hydrogen-bond acceptors (Lipinski definition) is 4. The van der Waals surface area contributed by atoms with Crippen LogP contribution in [0.5, 0.6) is 0 Å². The zero-order chi connectivity index (χ0) is 15.6.